The molecule has 0 unspecified atom stereocenters. The zero-order valence-electron chi connectivity index (χ0n) is 13.0. The van der Waals surface area contributed by atoms with E-state index in [1.165, 1.54) is 37.8 Å². The van der Waals surface area contributed by atoms with Crippen molar-refractivity contribution in [2.45, 2.75) is 38.1 Å². The lowest BCUT2D eigenvalue weighted by Crippen LogP contribution is -2.15. The molecule has 2 N–H and O–H groups in total. The van der Waals surface area contributed by atoms with E-state index in [0.717, 1.165) is 16.9 Å². The van der Waals surface area contributed by atoms with Crippen molar-refractivity contribution in [2.75, 3.05) is 10.6 Å². The van der Waals surface area contributed by atoms with Crippen LogP contribution in [0.1, 0.15) is 31.2 Å². The van der Waals surface area contributed by atoms with Crippen molar-refractivity contribution in [3.63, 3.8) is 0 Å². The molecule has 3 nitrogen and oxygen atoms in total. The Kier molecular flexibility index (Phi) is 4.91. The van der Waals surface area contributed by atoms with Crippen LogP contribution >= 0.6 is 0 Å². The van der Waals surface area contributed by atoms with Gasteiger partial charge in [0.2, 0.25) is 5.91 Å². The minimum atomic E-state index is -0.292. The van der Waals surface area contributed by atoms with E-state index in [1.54, 1.807) is 12.1 Å². The Balaban J connectivity index is 1.52. The number of anilines is 2. The fourth-order valence-corrected chi connectivity index (χ4v) is 2.95. The van der Waals surface area contributed by atoms with Crippen LogP contribution in [0, 0.1) is 5.82 Å². The maximum Gasteiger partial charge on any atom is 0.228 e. The van der Waals surface area contributed by atoms with Crippen LogP contribution < -0.4 is 10.6 Å². The Morgan fingerprint density at radius 3 is 2.22 bits per heavy atom. The summed E-state index contributed by atoms with van der Waals surface area (Å²) in [6.07, 6.45) is 5.30. The van der Waals surface area contributed by atoms with E-state index in [-0.39, 0.29) is 18.1 Å². The summed E-state index contributed by atoms with van der Waals surface area (Å²) in [6, 6.07) is 14.4. The van der Waals surface area contributed by atoms with Gasteiger partial charge in [-0.25, -0.2) is 4.39 Å². The second-order valence-corrected chi connectivity index (χ2v) is 6.05. The highest BCUT2D eigenvalue weighted by atomic mass is 19.1. The number of carbonyl (C=O) groups is 1. The van der Waals surface area contributed by atoms with Crippen LogP contribution in [-0.2, 0) is 11.2 Å². The van der Waals surface area contributed by atoms with Crippen molar-refractivity contribution in [2.24, 2.45) is 0 Å². The third-order valence-corrected chi connectivity index (χ3v) is 4.17. The molecule has 1 fully saturated rings. The van der Waals surface area contributed by atoms with Crippen LogP contribution in [0.5, 0.6) is 0 Å². The molecule has 0 saturated heterocycles. The maximum absolute atomic E-state index is 12.8. The van der Waals surface area contributed by atoms with Gasteiger partial charge in [0.25, 0.3) is 0 Å². The van der Waals surface area contributed by atoms with Crippen molar-refractivity contribution in [3.8, 4) is 0 Å². The fourth-order valence-electron chi connectivity index (χ4n) is 2.95. The summed E-state index contributed by atoms with van der Waals surface area (Å²) in [5.74, 6) is -0.396. The minimum Gasteiger partial charge on any atom is -0.382 e. The molecule has 2 aromatic rings. The van der Waals surface area contributed by atoms with Crippen LogP contribution in [0.3, 0.4) is 0 Å². The van der Waals surface area contributed by atoms with Gasteiger partial charge in [-0.3, -0.25) is 4.79 Å². The van der Waals surface area contributed by atoms with Gasteiger partial charge in [-0.1, -0.05) is 25.0 Å². The van der Waals surface area contributed by atoms with Crippen molar-refractivity contribution < 1.29 is 9.18 Å². The molecule has 4 heteroatoms. The topological polar surface area (TPSA) is 41.1 Å². The predicted molar refractivity (Wildman–Crippen MR) is 91.1 cm³/mol. The average Bonchev–Trinajstić information content (AvgIpc) is 3.04. The van der Waals surface area contributed by atoms with E-state index in [1.807, 2.05) is 24.3 Å². The average molecular weight is 312 g/mol. The monoisotopic (exact) mass is 312 g/mol. The van der Waals surface area contributed by atoms with Gasteiger partial charge in [-0.15, -0.1) is 0 Å². The van der Waals surface area contributed by atoms with Crippen molar-refractivity contribution in [3.05, 3.63) is 59.9 Å². The van der Waals surface area contributed by atoms with Gasteiger partial charge in [0, 0.05) is 17.4 Å². The van der Waals surface area contributed by atoms with Gasteiger partial charge in [0.1, 0.15) is 5.82 Å². The van der Waals surface area contributed by atoms with Crippen molar-refractivity contribution >= 4 is 17.3 Å². The maximum atomic E-state index is 12.8. The summed E-state index contributed by atoms with van der Waals surface area (Å²) < 4.78 is 12.8. The van der Waals surface area contributed by atoms with E-state index in [2.05, 4.69) is 10.6 Å². The Hall–Kier alpha value is -2.36. The molecular weight excluding hydrogens is 291 g/mol. The summed E-state index contributed by atoms with van der Waals surface area (Å²) >= 11 is 0. The quantitative estimate of drug-likeness (QED) is 0.861. The molecule has 2 aromatic carbocycles. The van der Waals surface area contributed by atoms with Crippen molar-refractivity contribution in [1.82, 2.24) is 0 Å². The Morgan fingerprint density at radius 1 is 0.957 bits per heavy atom. The second kappa shape index (κ2) is 7.27. The van der Waals surface area contributed by atoms with Crippen molar-refractivity contribution in [1.29, 1.82) is 0 Å². The van der Waals surface area contributed by atoms with E-state index >= 15 is 0 Å². The van der Waals surface area contributed by atoms with Crippen LogP contribution in [0.15, 0.2) is 48.5 Å². The molecule has 1 aliphatic rings. The number of carbonyl (C=O) groups excluding carboxylic acids is 1. The summed E-state index contributed by atoms with van der Waals surface area (Å²) in [7, 11) is 0. The third-order valence-electron chi connectivity index (χ3n) is 4.17. The predicted octanol–water partition coefficient (Wildman–Crippen LogP) is 4.36. The van der Waals surface area contributed by atoms with E-state index in [0.29, 0.717) is 6.04 Å². The first kappa shape index (κ1) is 15.5. The third kappa shape index (κ3) is 4.55. The molecule has 0 heterocycles. The molecule has 0 aromatic heterocycles. The minimum absolute atomic E-state index is 0.104. The van der Waals surface area contributed by atoms with E-state index in [9.17, 15) is 9.18 Å². The molecule has 1 saturated carbocycles. The first-order valence-corrected chi connectivity index (χ1v) is 8.10. The smallest absolute Gasteiger partial charge is 0.228 e. The Bertz CT molecular complexity index is 646. The van der Waals surface area contributed by atoms with E-state index in [4.69, 9.17) is 0 Å². The molecule has 23 heavy (non-hydrogen) atoms. The first-order valence-electron chi connectivity index (χ1n) is 8.10. The molecular formula is C19H21FN2O. The van der Waals surface area contributed by atoms with Gasteiger partial charge in [0.05, 0.1) is 6.42 Å². The molecule has 0 spiro atoms. The zero-order chi connectivity index (χ0) is 16.1. The van der Waals surface area contributed by atoms with Crippen LogP contribution in [0.2, 0.25) is 0 Å². The number of hydrogen-bond acceptors (Lipinski definition) is 2. The highest BCUT2D eigenvalue weighted by Crippen LogP contribution is 2.23. The number of rotatable bonds is 5. The SMILES string of the molecule is O=C(Cc1ccc(F)cc1)Nc1ccc(NC2CCCC2)cc1. The van der Waals surface area contributed by atoms with E-state index < -0.39 is 0 Å². The fraction of sp³-hybridized carbons (Fsp3) is 0.316. The normalized spacial score (nSPS) is 14.7. The summed E-state index contributed by atoms with van der Waals surface area (Å²) in [5.41, 5.74) is 2.66. The first-order chi connectivity index (χ1) is 11.2. The van der Waals surface area contributed by atoms with Crippen LogP contribution in [-0.4, -0.2) is 11.9 Å². The molecule has 0 aliphatic heterocycles. The molecule has 1 amide bonds. The second-order valence-electron chi connectivity index (χ2n) is 6.05. The highest BCUT2D eigenvalue weighted by Gasteiger charge is 2.14. The standard InChI is InChI=1S/C19H21FN2O/c20-15-7-5-14(6-8-15)13-19(23)22-18-11-9-17(10-12-18)21-16-3-1-2-4-16/h5-12,16,21H,1-4,13H2,(H,22,23). The number of amides is 1. The molecule has 0 radical (unpaired) electrons. The highest BCUT2D eigenvalue weighted by molar-refractivity contribution is 5.92. The van der Waals surface area contributed by atoms with Crippen LogP contribution in [0.25, 0.3) is 0 Å². The lowest BCUT2D eigenvalue weighted by atomic mass is 10.1. The molecule has 3 rings (SSSR count). The number of nitrogens with one attached hydrogen (secondary N) is 2. The number of benzene rings is 2. The van der Waals surface area contributed by atoms with Gasteiger partial charge >= 0.3 is 0 Å². The molecule has 1 aliphatic carbocycles. The van der Waals surface area contributed by atoms with Gasteiger partial charge < -0.3 is 10.6 Å². The summed E-state index contributed by atoms with van der Waals surface area (Å²) in [6.45, 7) is 0. The van der Waals surface area contributed by atoms with Crippen LogP contribution in [0.4, 0.5) is 15.8 Å². The van der Waals surface area contributed by atoms with Gasteiger partial charge in [-0.05, 0) is 54.8 Å². The lowest BCUT2D eigenvalue weighted by molar-refractivity contribution is -0.115. The molecule has 0 atom stereocenters. The summed E-state index contributed by atoms with van der Waals surface area (Å²) in [4.78, 5) is 12.0. The number of hydrogen-bond donors (Lipinski definition) is 2. The Labute approximate surface area is 135 Å². The zero-order valence-corrected chi connectivity index (χ0v) is 13.0. The molecule has 0 bridgehead atoms. The van der Waals surface area contributed by atoms with Gasteiger partial charge in [0.15, 0.2) is 0 Å². The lowest BCUT2D eigenvalue weighted by Gasteiger charge is -2.14. The molecule has 120 valence electrons. The number of halogens is 1. The Morgan fingerprint density at radius 2 is 1.57 bits per heavy atom. The largest absolute Gasteiger partial charge is 0.382 e. The van der Waals surface area contributed by atoms with Gasteiger partial charge in [-0.2, -0.15) is 0 Å². The summed E-state index contributed by atoms with van der Waals surface area (Å²) in [5, 5.41) is 6.38.